The van der Waals surface area contributed by atoms with Gasteiger partial charge in [0.2, 0.25) is 0 Å². The van der Waals surface area contributed by atoms with Gasteiger partial charge >= 0.3 is 0 Å². The number of nitrogens with one attached hydrogen (secondary N) is 1. The van der Waals surface area contributed by atoms with E-state index in [0.717, 1.165) is 23.2 Å². The second kappa shape index (κ2) is 5.89. The van der Waals surface area contributed by atoms with E-state index in [1.807, 2.05) is 31.3 Å². The summed E-state index contributed by atoms with van der Waals surface area (Å²) in [7, 11) is 2.04. The van der Waals surface area contributed by atoms with Crippen LogP contribution in [0.3, 0.4) is 0 Å². The molecule has 7 heteroatoms. The number of halogens is 1. The average Bonchev–Trinajstić information content (AvgIpc) is 2.89. The highest BCUT2D eigenvalue weighted by Crippen LogP contribution is 2.38. The van der Waals surface area contributed by atoms with E-state index in [4.69, 9.17) is 17.3 Å². The predicted octanol–water partition coefficient (Wildman–Crippen LogP) is 2.99. The number of hydrogen-bond donors (Lipinski definition) is 2. The lowest BCUT2D eigenvalue weighted by molar-refractivity contribution is 0.100. The molecule has 1 atom stereocenters. The third-order valence-corrected chi connectivity index (χ3v) is 4.71. The van der Waals surface area contributed by atoms with Gasteiger partial charge in [-0.1, -0.05) is 17.7 Å². The second-order valence-corrected chi connectivity index (χ2v) is 6.51. The molecule has 1 amide bonds. The smallest absolute Gasteiger partial charge is 0.250 e. The normalized spacial score (nSPS) is 16.1. The number of nitrogens with two attached hydrogens (primary N) is 1. The lowest BCUT2D eigenvalue weighted by Gasteiger charge is -2.16. The molecule has 4 rings (SSSR count). The van der Waals surface area contributed by atoms with Gasteiger partial charge in [0.25, 0.3) is 5.91 Å². The molecule has 0 saturated carbocycles. The minimum absolute atomic E-state index is 0.0361. The van der Waals surface area contributed by atoms with Crippen molar-refractivity contribution >= 4 is 39.9 Å². The lowest BCUT2D eigenvalue weighted by Crippen LogP contribution is -2.20. The van der Waals surface area contributed by atoms with E-state index in [1.165, 1.54) is 6.33 Å². The number of para-hydroxylation sites is 1. The van der Waals surface area contributed by atoms with Crippen LogP contribution >= 0.6 is 11.6 Å². The maximum atomic E-state index is 11.6. The van der Waals surface area contributed by atoms with E-state index >= 15 is 0 Å². The number of rotatable bonds is 3. The fourth-order valence-electron chi connectivity index (χ4n) is 3.31. The van der Waals surface area contributed by atoms with Crippen LogP contribution in [0.25, 0.3) is 10.9 Å². The fraction of sp³-hybridized carbons (Fsp3) is 0.167. The van der Waals surface area contributed by atoms with Crippen LogP contribution in [0.2, 0.25) is 5.02 Å². The number of hydrogen-bond acceptors (Lipinski definition) is 5. The molecule has 1 aromatic heterocycles. The predicted molar refractivity (Wildman–Crippen MR) is 99.1 cm³/mol. The molecule has 6 nitrogen and oxygen atoms in total. The number of fused-ring (bicyclic) bond motifs is 2. The molecular weight excluding hydrogens is 338 g/mol. The molecule has 3 aromatic rings. The molecule has 2 aromatic carbocycles. The molecule has 3 N–H and O–H groups in total. The first-order chi connectivity index (χ1) is 12.0. The lowest BCUT2D eigenvalue weighted by atomic mass is 10.1. The van der Waals surface area contributed by atoms with E-state index in [0.29, 0.717) is 21.9 Å². The molecule has 0 unspecified atom stereocenters. The number of benzene rings is 2. The highest BCUT2D eigenvalue weighted by atomic mass is 35.5. The molecule has 0 bridgehead atoms. The van der Waals surface area contributed by atoms with Gasteiger partial charge in [0.05, 0.1) is 17.1 Å². The number of carbonyl (C=O) groups excluding carboxylic acids is 1. The second-order valence-electron chi connectivity index (χ2n) is 6.07. The van der Waals surface area contributed by atoms with E-state index in [2.05, 4.69) is 20.2 Å². The zero-order chi connectivity index (χ0) is 17.6. The molecule has 1 aliphatic rings. The molecule has 0 aliphatic carbocycles. The van der Waals surface area contributed by atoms with Crippen LogP contribution in [0.5, 0.6) is 0 Å². The Morgan fingerprint density at radius 1 is 1.32 bits per heavy atom. The fourth-order valence-corrected chi connectivity index (χ4v) is 3.49. The zero-order valence-electron chi connectivity index (χ0n) is 13.5. The van der Waals surface area contributed by atoms with E-state index in [1.54, 1.807) is 12.1 Å². The number of nitrogens with zero attached hydrogens (tertiary/aromatic N) is 3. The molecule has 126 valence electrons. The first-order valence-electron chi connectivity index (χ1n) is 7.85. The van der Waals surface area contributed by atoms with Crippen molar-refractivity contribution in [3.05, 3.63) is 58.9 Å². The van der Waals surface area contributed by atoms with Crippen LogP contribution in [-0.2, 0) is 0 Å². The van der Waals surface area contributed by atoms with Gasteiger partial charge < -0.3 is 16.0 Å². The molecule has 0 spiro atoms. The van der Waals surface area contributed by atoms with Gasteiger partial charge in [-0.15, -0.1) is 0 Å². The van der Waals surface area contributed by atoms with Crippen molar-refractivity contribution in [2.75, 3.05) is 23.8 Å². The standard InChI is InChI=1S/C18H16ClN5O/c1-24-8-14(13-7-10(19)5-6-15(13)24)23-18-12-4-2-3-11(17(20)25)16(12)21-9-22-18/h2-7,9,14H,8H2,1H3,(H2,20,25)(H,21,22,23)/t14-/m1/s1. The van der Waals surface area contributed by atoms with Gasteiger partial charge in [-0.3, -0.25) is 4.79 Å². The summed E-state index contributed by atoms with van der Waals surface area (Å²) in [4.78, 5) is 22.4. The molecule has 2 heterocycles. The highest BCUT2D eigenvalue weighted by Gasteiger charge is 2.27. The van der Waals surface area contributed by atoms with Gasteiger partial charge in [0, 0.05) is 35.3 Å². The third-order valence-electron chi connectivity index (χ3n) is 4.47. The van der Waals surface area contributed by atoms with Crippen molar-refractivity contribution in [3.8, 4) is 0 Å². The van der Waals surface area contributed by atoms with Crippen LogP contribution in [0.15, 0.2) is 42.7 Å². The summed E-state index contributed by atoms with van der Waals surface area (Å²) < 4.78 is 0. The summed E-state index contributed by atoms with van der Waals surface area (Å²) in [5.74, 6) is 0.160. The maximum absolute atomic E-state index is 11.6. The Morgan fingerprint density at radius 2 is 2.16 bits per heavy atom. The Labute approximate surface area is 149 Å². The Kier molecular flexibility index (Phi) is 3.69. The molecule has 0 radical (unpaired) electrons. The van der Waals surface area contributed by atoms with Crippen LogP contribution < -0.4 is 16.0 Å². The Balaban J connectivity index is 1.77. The third kappa shape index (κ3) is 2.64. The number of aromatic nitrogens is 2. The van der Waals surface area contributed by atoms with Crippen LogP contribution in [0.4, 0.5) is 11.5 Å². The Hall–Kier alpha value is -2.86. The van der Waals surface area contributed by atoms with Crippen molar-refractivity contribution in [2.24, 2.45) is 5.73 Å². The van der Waals surface area contributed by atoms with E-state index in [-0.39, 0.29) is 6.04 Å². The van der Waals surface area contributed by atoms with Gasteiger partial charge in [-0.25, -0.2) is 9.97 Å². The molecule has 1 aliphatic heterocycles. The minimum atomic E-state index is -0.507. The number of primary amides is 1. The minimum Gasteiger partial charge on any atom is -0.372 e. The van der Waals surface area contributed by atoms with Crippen molar-refractivity contribution in [1.82, 2.24) is 9.97 Å². The van der Waals surface area contributed by atoms with Crippen molar-refractivity contribution < 1.29 is 4.79 Å². The topological polar surface area (TPSA) is 84.1 Å². The summed E-state index contributed by atoms with van der Waals surface area (Å²) in [6, 6.07) is 11.2. The Morgan fingerprint density at radius 3 is 2.96 bits per heavy atom. The maximum Gasteiger partial charge on any atom is 0.250 e. The van der Waals surface area contributed by atoms with Crippen molar-refractivity contribution in [3.63, 3.8) is 0 Å². The van der Waals surface area contributed by atoms with Crippen molar-refractivity contribution in [2.45, 2.75) is 6.04 Å². The first-order valence-corrected chi connectivity index (χ1v) is 8.23. The summed E-state index contributed by atoms with van der Waals surface area (Å²) in [5.41, 5.74) is 8.64. The molecular formula is C18H16ClN5O. The molecule has 0 fully saturated rings. The van der Waals surface area contributed by atoms with E-state index < -0.39 is 5.91 Å². The SMILES string of the molecule is CN1C[C@@H](Nc2ncnc3c(C(N)=O)cccc23)c2cc(Cl)ccc21. The number of carbonyl (C=O) groups is 1. The summed E-state index contributed by atoms with van der Waals surface area (Å²) in [6.45, 7) is 0.788. The van der Waals surface area contributed by atoms with Gasteiger partial charge in [-0.2, -0.15) is 0 Å². The summed E-state index contributed by atoms with van der Waals surface area (Å²) in [5, 5.41) is 4.92. The molecule has 25 heavy (non-hydrogen) atoms. The number of amides is 1. The quantitative estimate of drug-likeness (QED) is 0.756. The van der Waals surface area contributed by atoms with Gasteiger partial charge in [0.15, 0.2) is 0 Å². The van der Waals surface area contributed by atoms with E-state index in [9.17, 15) is 4.79 Å². The monoisotopic (exact) mass is 353 g/mol. The largest absolute Gasteiger partial charge is 0.372 e. The van der Waals surface area contributed by atoms with Crippen LogP contribution in [-0.4, -0.2) is 29.5 Å². The van der Waals surface area contributed by atoms with Gasteiger partial charge in [-0.05, 0) is 30.3 Å². The molecule has 0 saturated heterocycles. The van der Waals surface area contributed by atoms with Crippen LogP contribution in [0, 0.1) is 0 Å². The summed E-state index contributed by atoms with van der Waals surface area (Å²) >= 11 is 6.17. The van der Waals surface area contributed by atoms with Crippen molar-refractivity contribution in [1.29, 1.82) is 0 Å². The number of likely N-dealkylation sites (N-methyl/N-ethyl adjacent to an activating group) is 1. The highest BCUT2D eigenvalue weighted by molar-refractivity contribution is 6.30. The average molecular weight is 354 g/mol. The summed E-state index contributed by atoms with van der Waals surface area (Å²) in [6.07, 6.45) is 1.44. The number of anilines is 2. The first kappa shape index (κ1) is 15.7. The Bertz CT molecular complexity index is 990. The zero-order valence-corrected chi connectivity index (χ0v) is 14.3. The van der Waals surface area contributed by atoms with Gasteiger partial charge in [0.1, 0.15) is 12.1 Å². The van der Waals surface area contributed by atoms with Crippen LogP contribution in [0.1, 0.15) is 22.0 Å².